The van der Waals surface area contributed by atoms with Crippen molar-refractivity contribution >= 4 is 33.8 Å². The van der Waals surface area contributed by atoms with Crippen molar-refractivity contribution in [2.75, 3.05) is 5.43 Å². The number of alkyl halides is 3. The number of benzene rings is 2. The van der Waals surface area contributed by atoms with Gasteiger partial charge in [0.15, 0.2) is 0 Å². The Morgan fingerprint density at radius 1 is 1.22 bits per heavy atom. The minimum Gasteiger partial charge on any atom is -0.477 e. The van der Waals surface area contributed by atoms with E-state index in [2.05, 4.69) is 20.2 Å². The maximum atomic E-state index is 12.2. The zero-order valence-corrected chi connectivity index (χ0v) is 16.7. The molecule has 0 unspecified atom stereocenters. The Hall–Kier alpha value is -4.00. The van der Waals surface area contributed by atoms with E-state index in [1.54, 1.807) is 11.4 Å². The number of aliphatic carboxylic acids is 1. The molecular weight excluding hydrogens is 453 g/mol. The molecule has 0 saturated heterocycles. The van der Waals surface area contributed by atoms with Crippen LogP contribution in [0.4, 0.5) is 24.0 Å². The predicted octanol–water partition coefficient (Wildman–Crippen LogP) is 4.71. The van der Waals surface area contributed by atoms with Gasteiger partial charge in [-0.05, 0) is 24.3 Å². The van der Waals surface area contributed by atoms with Crippen LogP contribution in [0.3, 0.4) is 0 Å². The molecule has 0 spiro atoms. The summed E-state index contributed by atoms with van der Waals surface area (Å²) in [4.78, 5) is 26.2. The van der Waals surface area contributed by atoms with Gasteiger partial charge in [0.2, 0.25) is 5.13 Å². The maximum Gasteiger partial charge on any atom is 0.573 e. The van der Waals surface area contributed by atoms with Gasteiger partial charge in [-0.25, -0.2) is 9.78 Å². The first-order valence-electron chi connectivity index (χ1n) is 8.72. The number of hydrogen-bond donors (Lipinski definition) is 2. The molecule has 0 bridgehead atoms. The number of nitrogens with zero attached hydrogens (tertiary/aromatic N) is 3. The van der Waals surface area contributed by atoms with Crippen LogP contribution in [0.15, 0.2) is 59.0 Å². The highest BCUT2D eigenvalue weighted by Gasteiger charge is 2.31. The van der Waals surface area contributed by atoms with Crippen LogP contribution in [0.2, 0.25) is 0 Å². The van der Waals surface area contributed by atoms with Crippen molar-refractivity contribution < 1.29 is 32.7 Å². The molecule has 166 valence electrons. The van der Waals surface area contributed by atoms with Crippen molar-refractivity contribution in [1.82, 2.24) is 4.98 Å². The van der Waals surface area contributed by atoms with E-state index in [1.165, 1.54) is 30.3 Å². The SMILES string of the molecule is O=C(O)/C(Cc1ccccc1[N+](=O)[O-])=N/Nc1nc(-c2ccc(OC(F)(F)F)cc2)cs1. The number of thiazole rings is 1. The molecule has 32 heavy (non-hydrogen) atoms. The molecule has 0 aliphatic carbocycles. The van der Waals surface area contributed by atoms with Crippen LogP contribution < -0.4 is 10.2 Å². The fourth-order valence-corrected chi connectivity index (χ4v) is 3.24. The predicted molar refractivity (Wildman–Crippen MR) is 110 cm³/mol. The summed E-state index contributed by atoms with van der Waals surface area (Å²) in [6.07, 6.45) is -5.09. The molecule has 0 saturated carbocycles. The second kappa shape index (κ2) is 9.43. The lowest BCUT2D eigenvalue weighted by molar-refractivity contribution is -0.385. The van der Waals surface area contributed by atoms with Crippen LogP contribution in [-0.4, -0.2) is 33.1 Å². The topological polar surface area (TPSA) is 127 Å². The van der Waals surface area contributed by atoms with Gasteiger partial charge in [0, 0.05) is 29.0 Å². The molecule has 0 fully saturated rings. The molecule has 3 rings (SSSR count). The number of hydrazone groups is 1. The van der Waals surface area contributed by atoms with Gasteiger partial charge in [0.25, 0.3) is 5.69 Å². The number of ether oxygens (including phenoxy) is 1. The van der Waals surface area contributed by atoms with Crippen molar-refractivity contribution in [3.63, 3.8) is 0 Å². The van der Waals surface area contributed by atoms with E-state index >= 15 is 0 Å². The lowest BCUT2D eigenvalue weighted by Crippen LogP contribution is -2.18. The monoisotopic (exact) mass is 466 g/mol. The Bertz CT molecular complexity index is 1160. The van der Waals surface area contributed by atoms with Gasteiger partial charge in [-0.15, -0.1) is 24.5 Å². The van der Waals surface area contributed by atoms with Crippen molar-refractivity contribution in [2.24, 2.45) is 5.10 Å². The number of carboxylic acids is 1. The molecular formula is C19H13F3N4O5S. The Morgan fingerprint density at radius 2 is 1.91 bits per heavy atom. The molecule has 1 aromatic heterocycles. The van der Waals surface area contributed by atoms with E-state index in [0.29, 0.717) is 11.3 Å². The maximum absolute atomic E-state index is 12.2. The molecule has 0 amide bonds. The number of nitrogens with one attached hydrogen (secondary N) is 1. The van der Waals surface area contributed by atoms with E-state index in [4.69, 9.17) is 0 Å². The number of anilines is 1. The minimum atomic E-state index is -4.79. The molecule has 0 aliphatic rings. The van der Waals surface area contributed by atoms with E-state index in [-0.39, 0.29) is 34.3 Å². The first-order chi connectivity index (χ1) is 15.1. The number of halogens is 3. The number of carbonyl (C=O) groups is 1. The quantitative estimate of drug-likeness (QED) is 0.280. The summed E-state index contributed by atoms with van der Waals surface area (Å²) in [6.45, 7) is 0. The summed E-state index contributed by atoms with van der Waals surface area (Å²) in [7, 11) is 0. The first kappa shape index (κ1) is 22.7. The Kier molecular flexibility index (Phi) is 6.68. The summed E-state index contributed by atoms with van der Waals surface area (Å²) < 4.78 is 40.5. The minimum absolute atomic E-state index is 0.182. The molecule has 0 aliphatic heterocycles. The third-order valence-electron chi connectivity index (χ3n) is 3.97. The summed E-state index contributed by atoms with van der Waals surface area (Å²) in [5.74, 6) is -1.74. The molecule has 2 aromatic carbocycles. The van der Waals surface area contributed by atoms with Crippen LogP contribution >= 0.6 is 11.3 Å². The zero-order valence-electron chi connectivity index (χ0n) is 15.9. The molecule has 1 heterocycles. The number of para-hydroxylation sites is 1. The number of carboxylic acid groups (broad SMARTS) is 1. The lowest BCUT2D eigenvalue weighted by atomic mass is 10.1. The summed E-state index contributed by atoms with van der Waals surface area (Å²) >= 11 is 1.08. The van der Waals surface area contributed by atoms with Crippen molar-refractivity contribution in [1.29, 1.82) is 0 Å². The second-order valence-electron chi connectivity index (χ2n) is 6.15. The Labute approximate surface area is 181 Å². The Balaban J connectivity index is 1.73. The summed E-state index contributed by atoms with van der Waals surface area (Å²) in [5.41, 5.74) is 3.01. The lowest BCUT2D eigenvalue weighted by Gasteiger charge is -2.08. The third kappa shape index (κ3) is 6.01. The van der Waals surface area contributed by atoms with Gasteiger partial charge in [-0.1, -0.05) is 18.2 Å². The van der Waals surface area contributed by atoms with Gasteiger partial charge in [-0.2, -0.15) is 5.10 Å². The van der Waals surface area contributed by atoms with E-state index in [9.17, 15) is 33.2 Å². The Morgan fingerprint density at radius 3 is 2.53 bits per heavy atom. The van der Waals surface area contributed by atoms with Crippen molar-refractivity contribution in [3.8, 4) is 17.0 Å². The van der Waals surface area contributed by atoms with Gasteiger partial charge >= 0.3 is 12.3 Å². The molecule has 13 heteroatoms. The van der Waals surface area contributed by atoms with Gasteiger partial charge in [0.05, 0.1) is 10.6 Å². The van der Waals surface area contributed by atoms with Crippen LogP contribution in [0.25, 0.3) is 11.3 Å². The molecule has 0 atom stereocenters. The smallest absolute Gasteiger partial charge is 0.477 e. The average molecular weight is 466 g/mol. The van der Waals surface area contributed by atoms with Crippen molar-refractivity contribution in [2.45, 2.75) is 12.8 Å². The first-order valence-corrected chi connectivity index (χ1v) is 9.60. The van der Waals surface area contributed by atoms with Crippen LogP contribution in [0.1, 0.15) is 5.56 Å². The summed E-state index contributed by atoms with van der Waals surface area (Å²) in [6, 6.07) is 10.8. The van der Waals surface area contributed by atoms with E-state index in [0.717, 1.165) is 23.5 Å². The normalized spacial score (nSPS) is 11.8. The van der Waals surface area contributed by atoms with E-state index in [1.807, 2.05) is 0 Å². The third-order valence-corrected chi connectivity index (χ3v) is 4.71. The van der Waals surface area contributed by atoms with Gasteiger partial charge in [-0.3, -0.25) is 15.5 Å². The molecule has 9 nitrogen and oxygen atoms in total. The highest BCUT2D eigenvalue weighted by atomic mass is 32.1. The highest BCUT2D eigenvalue weighted by Crippen LogP contribution is 2.28. The number of nitro benzene ring substituents is 1. The number of aromatic nitrogens is 1. The van der Waals surface area contributed by atoms with Crippen LogP contribution in [0.5, 0.6) is 5.75 Å². The number of rotatable bonds is 8. The fraction of sp³-hybridized carbons (Fsp3) is 0.105. The number of hydrogen-bond acceptors (Lipinski definition) is 8. The largest absolute Gasteiger partial charge is 0.573 e. The zero-order chi connectivity index (χ0) is 23.3. The van der Waals surface area contributed by atoms with Gasteiger partial charge < -0.3 is 9.84 Å². The van der Waals surface area contributed by atoms with Crippen LogP contribution in [-0.2, 0) is 11.2 Å². The molecule has 3 aromatic rings. The standard InChI is InChI=1S/C19H13F3N4O5S/c20-19(21,22)31-13-7-5-11(6-8-13)15-10-32-18(23-15)25-24-14(17(27)28)9-12-3-1-2-4-16(12)26(29)30/h1-8,10H,9H2,(H,23,25)(H,27,28)/b24-14+. The van der Waals surface area contributed by atoms with Crippen molar-refractivity contribution in [3.05, 3.63) is 69.6 Å². The molecule has 0 radical (unpaired) electrons. The van der Waals surface area contributed by atoms with E-state index < -0.39 is 17.3 Å². The highest BCUT2D eigenvalue weighted by molar-refractivity contribution is 7.14. The molecule has 2 N–H and O–H groups in total. The number of nitro groups is 1. The van der Waals surface area contributed by atoms with Gasteiger partial charge in [0.1, 0.15) is 11.5 Å². The summed E-state index contributed by atoms with van der Waals surface area (Å²) in [5, 5.41) is 26.1. The average Bonchev–Trinajstić information content (AvgIpc) is 3.19. The fourth-order valence-electron chi connectivity index (χ4n) is 2.58. The second-order valence-corrected chi connectivity index (χ2v) is 7.01. The van der Waals surface area contributed by atoms with Crippen LogP contribution in [0, 0.1) is 10.1 Å².